The number of nitrogens with one attached hydrogen (secondary N) is 1. The van der Waals surface area contributed by atoms with Crippen molar-refractivity contribution in [3.05, 3.63) is 111 Å². The van der Waals surface area contributed by atoms with Crippen molar-refractivity contribution in [3.8, 4) is 28.4 Å². The Labute approximate surface area is 300 Å². The van der Waals surface area contributed by atoms with Gasteiger partial charge in [0, 0.05) is 38.2 Å². The summed E-state index contributed by atoms with van der Waals surface area (Å²) in [4.78, 5) is 12.7. The Morgan fingerprint density at radius 3 is 2.18 bits per heavy atom. The molecule has 0 saturated heterocycles. The lowest BCUT2D eigenvalue weighted by Crippen LogP contribution is -2.35. The molecule has 1 atom stereocenters. The van der Waals surface area contributed by atoms with Gasteiger partial charge in [0.25, 0.3) is 0 Å². The Bertz CT molecular complexity index is 1650. The number of ether oxygens (including phenoxy) is 5. The lowest BCUT2D eigenvalue weighted by atomic mass is 9.87. The van der Waals surface area contributed by atoms with E-state index in [0.717, 1.165) is 51.3 Å². The summed E-state index contributed by atoms with van der Waals surface area (Å²) in [5, 5.41) is 3.94. The van der Waals surface area contributed by atoms with Crippen LogP contribution in [0.3, 0.4) is 0 Å². The van der Waals surface area contributed by atoms with Crippen LogP contribution in [-0.2, 0) is 15.9 Å². The van der Waals surface area contributed by atoms with E-state index >= 15 is 0 Å². The maximum atomic E-state index is 12.7. The van der Waals surface area contributed by atoms with Crippen LogP contribution in [0, 0.1) is 13.8 Å². The fourth-order valence-electron chi connectivity index (χ4n) is 5.46. The van der Waals surface area contributed by atoms with Gasteiger partial charge in [-0.2, -0.15) is 0 Å². The number of methoxy groups -OCH3 is 1. The molecule has 0 aliphatic rings. The summed E-state index contributed by atoms with van der Waals surface area (Å²) in [5.74, 6) is 2.01. The van der Waals surface area contributed by atoms with Crippen LogP contribution >= 0.6 is 23.2 Å². The van der Waals surface area contributed by atoms with Gasteiger partial charge in [-0.25, -0.2) is 4.79 Å². The van der Waals surface area contributed by atoms with Gasteiger partial charge in [0.2, 0.25) is 0 Å². The molecule has 0 aliphatic carbocycles. The Morgan fingerprint density at radius 2 is 1.51 bits per heavy atom. The largest absolute Gasteiger partial charge is 0.493 e. The van der Waals surface area contributed by atoms with Gasteiger partial charge in [-0.05, 0) is 99.2 Å². The van der Waals surface area contributed by atoms with Gasteiger partial charge in [0.05, 0.1) is 16.7 Å². The monoisotopic (exact) mass is 707 g/mol. The third-order valence-electron chi connectivity index (χ3n) is 7.70. The average molecular weight is 709 g/mol. The fraction of sp³-hybridized carbons (Fsp3) is 0.375. The molecule has 0 radical (unpaired) electrons. The summed E-state index contributed by atoms with van der Waals surface area (Å²) in [7, 11) is 1.69. The summed E-state index contributed by atoms with van der Waals surface area (Å²) >= 11 is 12.6. The van der Waals surface area contributed by atoms with Crippen molar-refractivity contribution >= 4 is 29.3 Å². The lowest BCUT2D eigenvalue weighted by Gasteiger charge is -2.24. The Balaban J connectivity index is 1.46. The van der Waals surface area contributed by atoms with Crippen LogP contribution in [-0.4, -0.2) is 51.8 Å². The zero-order valence-electron chi connectivity index (χ0n) is 29.2. The van der Waals surface area contributed by atoms with Crippen LogP contribution in [0.5, 0.6) is 17.2 Å². The number of alkyl carbamates (subject to hydrolysis) is 1. The third-order valence-corrected chi connectivity index (χ3v) is 8.26. The molecule has 4 aromatic rings. The molecule has 49 heavy (non-hydrogen) atoms. The van der Waals surface area contributed by atoms with Gasteiger partial charge < -0.3 is 29.0 Å². The summed E-state index contributed by atoms with van der Waals surface area (Å²) in [6.45, 7) is 11.9. The molecule has 262 valence electrons. The Morgan fingerprint density at radius 1 is 0.816 bits per heavy atom. The zero-order valence-corrected chi connectivity index (χ0v) is 30.7. The number of amides is 1. The minimum atomic E-state index is -0.588. The van der Waals surface area contributed by atoms with E-state index in [1.807, 2.05) is 82.3 Å². The molecule has 1 unspecified atom stereocenters. The molecule has 0 spiro atoms. The molecule has 9 heteroatoms. The second kappa shape index (κ2) is 18.2. The highest BCUT2D eigenvalue weighted by Crippen LogP contribution is 2.35. The number of para-hydroxylation sites is 1. The van der Waals surface area contributed by atoms with Crippen molar-refractivity contribution in [2.75, 3.05) is 40.1 Å². The predicted octanol–water partition coefficient (Wildman–Crippen LogP) is 10.0. The van der Waals surface area contributed by atoms with Crippen molar-refractivity contribution in [2.45, 2.75) is 59.0 Å². The quantitative estimate of drug-likeness (QED) is 0.117. The van der Waals surface area contributed by atoms with Gasteiger partial charge in [-0.15, -0.1) is 0 Å². The Hall–Kier alpha value is -3.91. The number of benzene rings is 4. The highest BCUT2D eigenvalue weighted by Gasteiger charge is 2.21. The minimum Gasteiger partial charge on any atom is -0.493 e. The standard InChI is InChI=1S/C40H47Cl2NO6/c1-27-22-35(41)38(36(42)23-27)48-21-20-46-32-15-12-29(13-16-32)25-31(26-43-39(44)49-40(3,4)5)33-17-14-30(24-28(33)2)34-10-7-8-11-37(34)47-19-9-18-45-6/h7-8,10-17,22-24,31H,9,18-21,25-26H2,1-6H3,(H,43,44). The number of carbonyl (C=O) groups excluding carboxylic acids is 1. The number of carbonyl (C=O) groups is 1. The van der Waals surface area contributed by atoms with Crippen molar-refractivity contribution in [2.24, 2.45) is 0 Å². The first-order chi connectivity index (χ1) is 23.4. The van der Waals surface area contributed by atoms with E-state index < -0.39 is 11.7 Å². The van der Waals surface area contributed by atoms with E-state index in [9.17, 15) is 4.79 Å². The maximum Gasteiger partial charge on any atom is 0.407 e. The molecule has 1 amide bonds. The van der Waals surface area contributed by atoms with Crippen LogP contribution in [0.2, 0.25) is 10.0 Å². The molecule has 4 rings (SSSR count). The average Bonchev–Trinajstić information content (AvgIpc) is 3.04. The second-order valence-electron chi connectivity index (χ2n) is 12.9. The molecule has 0 fully saturated rings. The van der Waals surface area contributed by atoms with Crippen molar-refractivity contribution in [3.63, 3.8) is 0 Å². The highest BCUT2D eigenvalue weighted by molar-refractivity contribution is 6.37. The third kappa shape index (κ3) is 11.9. The van der Waals surface area contributed by atoms with E-state index in [2.05, 4.69) is 36.5 Å². The first kappa shape index (κ1) is 37.9. The molecule has 7 nitrogen and oxygen atoms in total. The number of halogens is 2. The van der Waals surface area contributed by atoms with Crippen LogP contribution < -0.4 is 19.5 Å². The molecule has 1 N–H and O–H groups in total. The van der Waals surface area contributed by atoms with Gasteiger partial charge in [-0.1, -0.05) is 71.7 Å². The molecular formula is C40H47Cl2NO6. The van der Waals surface area contributed by atoms with Gasteiger partial charge in [-0.3, -0.25) is 0 Å². The molecule has 4 aromatic carbocycles. The fourth-order valence-corrected chi connectivity index (χ4v) is 6.17. The molecule has 0 aliphatic heterocycles. The lowest BCUT2D eigenvalue weighted by molar-refractivity contribution is 0.0524. The molecule has 0 heterocycles. The zero-order chi connectivity index (χ0) is 35.4. The maximum absolute atomic E-state index is 12.7. The molecule has 0 aromatic heterocycles. The number of hydrogen-bond acceptors (Lipinski definition) is 6. The normalized spacial score (nSPS) is 11.9. The smallest absolute Gasteiger partial charge is 0.407 e. The van der Waals surface area contributed by atoms with E-state index in [1.54, 1.807) is 7.11 Å². The second-order valence-corrected chi connectivity index (χ2v) is 13.8. The molecule has 0 bridgehead atoms. The number of rotatable bonds is 16. The van der Waals surface area contributed by atoms with Gasteiger partial charge in [0.15, 0.2) is 5.75 Å². The molecule has 0 saturated carbocycles. The first-order valence-electron chi connectivity index (χ1n) is 16.5. The van der Waals surface area contributed by atoms with Crippen LogP contribution in [0.25, 0.3) is 11.1 Å². The first-order valence-corrected chi connectivity index (χ1v) is 17.3. The van der Waals surface area contributed by atoms with Crippen molar-refractivity contribution in [1.29, 1.82) is 0 Å². The van der Waals surface area contributed by atoms with E-state index in [-0.39, 0.29) is 5.92 Å². The number of aryl methyl sites for hydroxylation is 2. The van der Waals surface area contributed by atoms with Gasteiger partial charge >= 0.3 is 6.09 Å². The summed E-state index contributed by atoms with van der Waals surface area (Å²) in [5.41, 5.74) is 5.85. The Kier molecular flexibility index (Phi) is 14.1. The molecular weight excluding hydrogens is 661 g/mol. The minimum absolute atomic E-state index is 0.00807. The SMILES string of the molecule is COCCCOc1ccccc1-c1ccc(C(CNC(=O)OC(C)(C)C)Cc2ccc(OCCOc3c(Cl)cc(C)cc3Cl)cc2)c(C)c1. The van der Waals surface area contributed by atoms with Crippen molar-refractivity contribution < 1.29 is 28.5 Å². The van der Waals surface area contributed by atoms with Crippen LogP contribution in [0.1, 0.15) is 55.4 Å². The number of hydrogen-bond donors (Lipinski definition) is 1. The predicted molar refractivity (Wildman–Crippen MR) is 198 cm³/mol. The topological polar surface area (TPSA) is 75.3 Å². The summed E-state index contributed by atoms with van der Waals surface area (Å²) in [6.07, 6.45) is 1.07. The van der Waals surface area contributed by atoms with Gasteiger partial charge in [0.1, 0.15) is 30.3 Å². The van der Waals surface area contributed by atoms with Crippen LogP contribution in [0.15, 0.2) is 78.9 Å². The van der Waals surface area contributed by atoms with E-state index in [0.29, 0.717) is 55.2 Å². The summed E-state index contributed by atoms with van der Waals surface area (Å²) < 4.78 is 28.5. The van der Waals surface area contributed by atoms with E-state index in [1.165, 1.54) is 0 Å². The highest BCUT2D eigenvalue weighted by atomic mass is 35.5. The van der Waals surface area contributed by atoms with Crippen molar-refractivity contribution in [1.82, 2.24) is 5.32 Å². The van der Waals surface area contributed by atoms with Crippen LogP contribution in [0.4, 0.5) is 4.79 Å². The summed E-state index contributed by atoms with van der Waals surface area (Å²) in [6, 6.07) is 26.1. The van der Waals surface area contributed by atoms with E-state index in [4.69, 9.17) is 46.9 Å².